The number of hydrazone groups is 1. The lowest BCUT2D eigenvalue weighted by atomic mass is 10.2. The first-order valence-electron chi connectivity index (χ1n) is 8.88. The van der Waals surface area contributed by atoms with Crippen LogP contribution < -0.4 is 9.73 Å². The van der Waals surface area contributed by atoms with E-state index in [0.717, 1.165) is 4.31 Å². The molecule has 0 aromatic heterocycles. The molecular formula is C21H16Cl3N3O3S. The molecule has 0 fully saturated rings. The molecule has 3 aromatic carbocycles. The molecule has 1 N–H and O–H groups in total. The summed E-state index contributed by atoms with van der Waals surface area (Å²) >= 11 is 17.8. The second-order valence-electron chi connectivity index (χ2n) is 6.27. The summed E-state index contributed by atoms with van der Waals surface area (Å²) < 4.78 is 27.3. The average molecular weight is 497 g/mol. The van der Waals surface area contributed by atoms with Crippen LogP contribution in [0.3, 0.4) is 0 Å². The van der Waals surface area contributed by atoms with E-state index in [1.165, 1.54) is 24.4 Å². The molecule has 0 heterocycles. The van der Waals surface area contributed by atoms with Gasteiger partial charge in [-0.15, -0.1) is 0 Å². The van der Waals surface area contributed by atoms with Gasteiger partial charge >= 0.3 is 0 Å². The fourth-order valence-corrected chi connectivity index (χ4v) is 4.53. The van der Waals surface area contributed by atoms with Crippen molar-refractivity contribution in [3.8, 4) is 0 Å². The van der Waals surface area contributed by atoms with E-state index in [0.29, 0.717) is 20.6 Å². The van der Waals surface area contributed by atoms with E-state index in [1.807, 2.05) is 0 Å². The van der Waals surface area contributed by atoms with Crippen molar-refractivity contribution in [3.05, 3.63) is 93.4 Å². The topological polar surface area (TPSA) is 78.8 Å². The average Bonchev–Trinajstić information content (AvgIpc) is 2.75. The van der Waals surface area contributed by atoms with Crippen LogP contribution in [0.4, 0.5) is 5.69 Å². The highest BCUT2D eigenvalue weighted by molar-refractivity contribution is 7.92. The first kappa shape index (κ1) is 23.1. The minimum absolute atomic E-state index is 0.0436. The monoisotopic (exact) mass is 495 g/mol. The van der Waals surface area contributed by atoms with E-state index >= 15 is 0 Å². The fraction of sp³-hybridized carbons (Fsp3) is 0.0476. The molecule has 0 saturated heterocycles. The summed E-state index contributed by atoms with van der Waals surface area (Å²) in [4.78, 5) is 12.5. The molecule has 10 heteroatoms. The van der Waals surface area contributed by atoms with E-state index in [2.05, 4.69) is 10.5 Å². The highest BCUT2D eigenvalue weighted by Gasteiger charge is 2.27. The summed E-state index contributed by atoms with van der Waals surface area (Å²) in [7, 11) is -4.02. The summed E-state index contributed by atoms with van der Waals surface area (Å²) in [5, 5.41) is 4.93. The van der Waals surface area contributed by atoms with Crippen LogP contribution in [0.2, 0.25) is 15.1 Å². The molecule has 160 valence electrons. The van der Waals surface area contributed by atoms with E-state index in [1.54, 1.807) is 54.6 Å². The molecule has 0 aliphatic carbocycles. The molecule has 0 radical (unpaired) electrons. The highest BCUT2D eigenvalue weighted by atomic mass is 35.5. The van der Waals surface area contributed by atoms with Crippen LogP contribution in [0.25, 0.3) is 0 Å². The quantitative estimate of drug-likeness (QED) is 0.370. The van der Waals surface area contributed by atoms with Crippen molar-refractivity contribution >= 4 is 62.6 Å². The Labute approximate surface area is 195 Å². The molecule has 0 bridgehead atoms. The van der Waals surface area contributed by atoms with Crippen molar-refractivity contribution in [2.45, 2.75) is 4.90 Å². The number of halogens is 3. The SMILES string of the molecule is O=C(CN(c1cccc(Cl)c1)S(=O)(=O)c1ccccc1)N/N=C\c1ccc(Cl)c(Cl)c1. The predicted molar refractivity (Wildman–Crippen MR) is 125 cm³/mol. The van der Waals surface area contributed by atoms with Crippen LogP contribution >= 0.6 is 34.8 Å². The van der Waals surface area contributed by atoms with Gasteiger partial charge in [-0.1, -0.05) is 65.1 Å². The standard InChI is InChI=1S/C21H16Cl3N3O3S/c22-16-5-4-6-17(12-16)27(31(29,30)18-7-2-1-3-8-18)14-21(28)26-25-13-15-9-10-19(23)20(24)11-15/h1-13H,14H2,(H,26,28)/b25-13-. The van der Waals surface area contributed by atoms with Gasteiger partial charge in [-0.2, -0.15) is 5.10 Å². The maximum atomic E-state index is 13.2. The molecule has 0 aliphatic heterocycles. The number of rotatable bonds is 7. The maximum Gasteiger partial charge on any atom is 0.264 e. The number of hydrogen-bond donors (Lipinski definition) is 1. The molecular weight excluding hydrogens is 481 g/mol. The Kier molecular flexibility index (Phi) is 7.56. The van der Waals surface area contributed by atoms with Crippen LogP contribution in [-0.2, 0) is 14.8 Å². The van der Waals surface area contributed by atoms with Crippen LogP contribution in [0.1, 0.15) is 5.56 Å². The van der Waals surface area contributed by atoms with Gasteiger partial charge in [-0.05, 0) is 48.0 Å². The number of anilines is 1. The number of sulfonamides is 1. The number of nitrogens with one attached hydrogen (secondary N) is 1. The van der Waals surface area contributed by atoms with Gasteiger partial charge in [0.25, 0.3) is 15.9 Å². The number of carbonyl (C=O) groups is 1. The van der Waals surface area contributed by atoms with E-state index in [-0.39, 0.29) is 10.6 Å². The molecule has 0 unspecified atom stereocenters. The van der Waals surface area contributed by atoms with Gasteiger partial charge < -0.3 is 0 Å². The van der Waals surface area contributed by atoms with Gasteiger partial charge in [0.2, 0.25) is 0 Å². The van der Waals surface area contributed by atoms with Crippen LogP contribution in [0.5, 0.6) is 0 Å². The Morgan fingerprint density at radius 3 is 2.35 bits per heavy atom. The number of hydrogen-bond acceptors (Lipinski definition) is 4. The second kappa shape index (κ2) is 10.2. The minimum Gasteiger partial charge on any atom is -0.271 e. The largest absolute Gasteiger partial charge is 0.271 e. The summed E-state index contributed by atoms with van der Waals surface area (Å²) in [5.74, 6) is -0.643. The molecule has 0 saturated carbocycles. The maximum absolute atomic E-state index is 13.2. The summed E-state index contributed by atoms with van der Waals surface area (Å²) in [6.07, 6.45) is 1.37. The summed E-state index contributed by atoms with van der Waals surface area (Å²) in [6.45, 7) is -0.504. The van der Waals surface area contributed by atoms with Crippen molar-refractivity contribution < 1.29 is 13.2 Å². The van der Waals surface area contributed by atoms with E-state index < -0.39 is 22.5 Å². The summed E-state index contributed by atoms with van der Waals surface area (Å²) in [5.41, 5.74) is 3.18. The van der Waals surface area contributed by atoms with Crippen molar-refractivity contribution in [2.75, 3.05) is 10.8 Å². The minimum atomic E-state index is -4.02. The Morgan fingerprint density at radius 2 is 1.68 bits per heavy atom. The zero-order valence-electron chi connectivity index (χ0n) is 15.9. The zero-order chi connectivity index (χ0) is 22.4. The van der Waals surface area contributed by atoms with Gasteiger partial charge in [0, 0.05) is 5.02 Å². The lowest BCUT2D eigenvalue weighted by Gasteiger charge is -2.23. The Hall–Kier alpha value is -2.58. The van der Waals surface area contributed by atoms with Gasteiger partial charge in [0.05, 0.1) is 26.8 Å². The lowest BCUT2D eigenvalue weighted by molar-refractivity contribution is -0.119. The molecule has 6 nitrogen and oxygen atoms in total. The van der Waals surface area contributed by atoms with Gasteiger partial charge in [0.1, 0.15) is 6.54 Å². The van der Waals surface area contributed by atoms with Gasteiger partial charge in [-0.25, -0.2) is 13.8 Å². The van der Waals surface area contributed by atoms with Crippen molar-refractivity contribution in [1.29, 1.82) is 0 Å². The Bertz CT molecular complexity index is 1220. The molecule has 3 rings (SSSR count). The zero-order valence-corrected chi connectivity index (χ0v) is 19.0. The van der Waals surface area contributed by atoms with Crippen LogP contribution in [0, 0.1) is 0 Å². The predicted octanol–water partition coefficient (Wildman–Crippen LogP) is 4.99. The third-order valence-corrected chi connectivity index (χ3v) is 6.82. The Balaban J connectivity index is 1.82. The summed E-state index contributed by atoms with van der Waals surface area (Å²) in [6, 6.07) is 18.9. The normalized spacial score (nSPS) is 11.5. The lowest BCUT2D eigenvalue weighted by Crippen LogP contribution is -2.39. The molecule has 0 atom stereocenters. The van der Waals surface area contributed by atoms with Crippen molar-refractivity contribution in [2.24, 2.45) is 5.10 Å². The molecule has 0 aliphatic rings. The molecule has 31 heavy (non-hydrogen) atoms. The first-order valence-corrected chi connectivity index (χ1v) is 11.4. The third-order valence-electron chi connectivity index (χ3n) is 4.06. The highest BCUT2D eigenvalue weighted by Crippen LogP contribution is 2.26. The van der Waals surface area contributed by atoms with Gasteiger partial charge in [-0.3, -0.25) is 9.10 Å². The molecule has 1 amide bonds. The number of carbonyl (C=O) groups excluding carboxylic acids is 1. The third kappa shape index (κ3) is 5.98. The number of benzene rings is 3. The van der Waals surface area contributed by atoms with Crippen LogP contribution in [0.15, 0.2) is 82.8 Å². The van der Waals surface area contributed by atoms with E-state index in [4.69, 9.17) is 34.8 Å². The molecule has 0 spiro atoms. The van der Waals surface area contributed by atoms with Gasteiger partial charge in [0.15, 0.2) is 0 Å². The smallest absolute Gasteiger partial charge is 0.264 e. The van der Waals surface area contributed by atoms with Crippen LogP contribution in [-0.4, -0.2) is 27.1 Å². The first-order chi connectivity index (χ1) is 14.8. The second-order valence-corrected chi connectivity index (χ2v) is 9.38. The number of amides is 1. The van der Waals surface area contributed by atoms with Crippen molar-refractivity contribution in [3.63, 3.8) is 0 Å². The Morgan fingerprint density at radius 1 is 0.935 bits per heavy atom. The number of nitrogens with zero attached hydrogens (tertiary/aromatic N) is 2. The molecule has 3 aromatic rings. The van der Waals surface area contributed by atoms with E-state index in [9.17, 15) is 13.2 Å². The fourth-order valence-electron chi connectivity index (χ4n) is 2.60. The van der Waals surface area contributed by atoms with Crippen molar-refractivity contribution in [1.82, 2.24) is 5.43 Å².